The van der Waals surface area contributed by atoms with E-state index in [0.29, 0.717) is 23.0 Å². The molecule has 0 amide bonds. The highest BCUT2D eigenvalue weighted by Gasteiger charge is 2.27. The van der Waals surface area contributed by atoms with Gasteiger partial charge < -0.3 is 10.1 Å². The van der Waals surface area contributed by atoms with E-state index >= 15 is 0 Å². The highest BCUT2D eigenvalue weighted by Crippen LogP contribution is 2.20. The van der Waals surface area contributed by atoms with Crippen LogP contribution in [0.5, 0.6) is 0 Å². The van der Waals surface area contributed by atoms with Crippen molar-refractivity contribution < 1.29 is 22.7 Å². The lowest BCUT2D eigenvalue weighted by Crippen LogP contribution is -2.22. The molecule has 0 aromatic carbocycles. The number of fused-ring (bicyclic) bond motifs is 1. The van der Waals surface area contributed by atoms with Gasteiger partial charge in [-0.05, 0) is 37.1 Å². The molecule has 0 atom stereocenters. The molecule has 3 aromatic heterocycles. The van der Waals surface area contributed by atoms with E-state index in [1.807, 2.05) is 0 Å². The average Bonchev–Trinajstić information content (AvgIpc) is 3.02. The summed E-state index contributed by atoms with van der Waals surface area (Å²) in [5, 5.41) is 7.25. The van der Waals surface area contributed by atoms with E-state index in [4.69, 9.17) is 4.74 Å². The van der Waals surface area contributed by atoms with Crippen LogP contribution in [0.4, 0.5) is 19.0 Å². The molecule has 0 unspecified atom stereocenters. The van der Waals surface area contributed by atoms with Crippen molar-refractivity contribution in [2.24, 2.45) is 0 Å². The van der Waals surface area contributed by atoms with Crippen molar-refractivity contribution in [1.29, 1.82) is 0 Å². The van der Waals surface area contributed by atoms with Crippen LogP contribution >= 0.6 is 0 Å². The van der Waals surface area contributed by atoms with E-state index < -0.39 is 18.7 Å². The summed E-state index contributed by atoms with van der Waals surface area (Å²) in [7, 11) is 0. The fourth-order valence-electron chi connectivity index (χ4n) is 2.71. The summed E-state index contributed by atoms with van der Waals surface area (Å²) in [5.41, 5.74) is 2.12. The molecule has 1 N–H and O–H groups in total. The third-order valence-electron chi connectivity index (χ3n) is 3.89. The monoisotopic (exact) mass is 393 g/mol. The Kier molecular flexibility index (Phi) is 5.48. The molecule has 0 aliphatic rings. The molecule has 3 aromatic rings. The van der Waals surface area contributed by atoms with Gasteiger partial charge in [0.2, 0.25) is 0 Å². The van der Waals surface area contributed by atoms with Crippen molar-refractivity contribution in [3.8, 4) is 0 Å². The number of carbonyl (C=O) groups excluding carboxylic acids is 1. The highest BCUT2D eigenvalue weighted by molar-refractivity contribution is 6.01. The molecule has 10 heteroatoms. The zero-order valence-corrected chi connectivity index (χ0v) is 15.2. The Labute approximate surface area is 158 Å². The summed E-state index contributed by atoms with van der Waals surface area (Å²) in [6.07, 6.45) is 0.341. The van der Waals surface area contributed by atoms with Crippen molar-refractivity contribution in [2.45, 2.75) is 26.6 Å². The summed E-state index contributed by atoms with van der Waals surface area (Å²) in [4.78, 5) is 20.2. The van der Waals surface area contributed by atoms with Crippen molar-refractivity contribution in [3.63, 3.8) is 0 Å². The van der Waals surface area contributed by atoms with Gasteiger partial charge in [0.05, 0.1) is 24.1 Å². The van der Waals surface area contributed by atoms with Gasteiger partial charge in [-0.15, -0.1) is 0 Å². The smallest absolute Gasteiger partial charge is 0.405 e. The van der Waals surface area contributed by atoms with Crippen LogP contribution < -0.4 is 5.32 Å². The van der Waals surface area contributed by atoms with Gasteiger partial charge >= 0.3 is 12.1 Å². The minimum Gasteiger partial charge on any atom is -0.461 e. The third kappa shape index (κ3) is 4.56. The number of nitrogens with zero attached hydrogens (tertiary/aromatic N) is 4. The Hall–Kier alpha value is -3.17. The van der Waals surface area contributed by atoms with Crippen LogP contribution in [0.15, 0.2) is 30.7 Å². The minimum atomic E-state index is -4.31. The maximum atomic E-state index is 12.3. The summed E-state index contributed by atoms with van der Waals surface area (Å²) in [5.74, 6) is -0.342. The first kappa shape index (κ1) is 19.6. The van der Waals surface area contributed by atoms with Crippen LogP contribution in [0.1, 0.15) is 28.5 Å². The zero-order valence-electron chi connectivity index (χ0n) is 15.2. The first-order valence-electron chi connectivity index (χ1n) is 8.52. The number of anilines is 1. The number of pyridine rings is 2. The molecular formula is C18H18F3N5O2. The number of esters is 1. The predicted molar refractivity (Wildman–Crippen MR) is 96.1 cm³/mol. The Morgan fingerprint density at radius 3 is 2.79 bits per heavy atom. The largest absolute Gasteiger partial charge is 0.461 e. The van der Waals surface area contributed by atoms with E-state index in [0.717, 1.165) is 5.56 Å². The van der Waals surface area contributed by atoms with Crippen LogP contribution in [0, 0.1) is 6.92 Å². The number of aryl methyl sites for hydroxylation is 1. The number of nitrogens with one attached hydrogen (secondary N) is 1. The van der Waals surface area contributed by atoms with Crippen LogP contribution in [0.25, 0.3) is 10.9 Å². The molecule has 148 valence electrons. The number of carbonyl (C=O) groups is 1. The van der Waals surface area contributed by atoms with E-state index in [1.54, 1.807) is 36.9 Å². The van der Waals surface area contributed by atoms with Crippen LogP contribution in [0.3, 0.4) is 0 Å². The van der Waals surface area contributed by atoms with Crippen LogP contribution in [0.2, 0.25) is 0 Å². The second-order valence-electron chi connectivity index (χ2n) is 6.12. The molecule has 0 fully saturated rings. The molecule has 28 heavy (non-hydrogen) atoms. The van der Waals surface area contributed by atoms with Crippen LogP contribution in [-0.2, 0) is 11.3 Å². The van der Waals surface area contributed by atoms with Gasteiger partial charge in [0.15, 0.2) is 5.69 Å². The SMILES string of the molecule is CCOC(=O)c1nccc2nn(Cc3cnc(NCC(F)(F)F)c(C)c3)cc12. The topological polar surface area (TPSA) is 81.9 Å². The first-order valence-corrected chi connectivity index (χ1v) is 8.52. The maximum Gasteiger partial charge on any atom is 0.405 e. The Morgan fingerprint density at radius 1 is 1.32 bits per heavy atom. The number of alkyl halides is 3. The molecule has 0 radical (unpaired) electrons. The standard InChI is InChI=1S/C18H18F3N5O2/c1-3-28-17(27)15-13-9-26(25-14(13)4-5-22-15)8-12-6-11(2)16(23-7-12)24-10-18(19,20)21/h4-7,9H,3,8,10H2,1-2H3,(H,23,24). The van der Waals surface area contributed by atoms with Gasteiger partial charge in [-0.1, -0.05) is 0 Å². The van der Waals surface area contributed by atoms with Gasteiger partial charge in [-0.25, -0.2) is 14.8 Å². The van der Waals surface area contributed by atoms with E-state index in [9.17, 15) is 18.0 Å². The maximum absolute atomic E-state index is 12.3. The molecular weight excluding hydrogens is 375 g/mol. The number of aromatic nitrogens is 4. The summed E-state index contributed by atoms with van der Waals surface area (Å²) in [6, 6.07) is 3.42. The average molecular weight is 393 g/mol. The molecule has 7 nitrogen and oxygen atoms in total. The number of hydrogen-bond donors (Lipinski definition) is 1. The Bertz CT molecular complexity index is 1000. The lowest BCUT2D eigenvalue weighted by atomic mass is 10.2. The number of rotatable bonds is 6. The van der Waals surface area contributed by atoms with Gasteiger partial charge in [-0.3, -0.25) is 4.68 Å². The molecule has 0 aliphatic heterocycles. The first-order chi connectivity index (χ1) is 13.3. The number of hydrogen-bond acceptors (Lipinski definition) is 6. The second-order valence-corrected chi connectivity index (χ2v) is 6.12. The predicted octanol–water partition coefficient (Wildman–Crippen LogP) is 3.33. The van der Waals surface area contributed by atoms with E-state index in [1.165, 1.54) is 12.4 Å². The van der Waals surface area contributed by atoms with Crippen LogP contribution in [-0.4, -0.2) is 45.0 Å². The third-order valence-corrected chi connectivity index (χ3v) is 3.89. The van der Waals surface area contributed by atoms with Crippen molar-refractivity contribution in [3.05, 3.63) is 47.5 Å². The van der Waals surface area contributed by atoms with Gasteiger partial charge in [0.1, 0.15) is 12.4 Å². The lowest BCUT2D eigenvalue weighted by molar-refractivity contribution is -0.115. The zero-order chi connectivity index (χ0) is 20.3. The molecule has 0 spiro atoms. The fraction of sp³-hybridized carbons (Fsp3) is 0.333. The minimum absolute atomic E-state index is 0.181. The molecule has 0 saturated heterocycles. The van der Waals surface area contributed by atoms with Gasteiger partial charge in [0, 0.05) is 18.6 Å². The van der Waals surface area contributed by atoms with Crippen molar-refractivity contribution >= 4 is 22.7 Å². The Balaban J connectivity index is 1.80. The van der Waals surface area contributed by atoms with E-state index in [-0.39, 0.29) is 18.1 Å². The number of halogens is 3. The quantitative estimate of drug-likeness (QED) is 0.647. The Morgan fingerprint density at radius 2 is 2.11 bits per heavy atom. The van der Waals surface area contributed by atoms with Crippen molar-refractivity contribution in [1.82, 2.24) is 19.7 Å². The summed E-state index contributed by atoms with van der Waals surface area (Å²) < 4.78 is 43.6. The summed E-state index contributed by atoms with van der Waals surface area (Å²) >= 11 is 0. The highest BCUT2D eigenvalue weighted by atomic mass is 19.4. The van der Waals surface area contributed by atoms with Gasteiger partial charge in [-0.2, -0.15) is 18.3 Å². The molecule has 0 saturated carbocycles. The van der Waals surface area contributed by atoms with Crippen molar-refractivity contribution in [2.75, 3.05) is 18.5 Å². The molecule has 3 rings (SSSR count). The normalized spacial score (nSPS) is 11.6. The molecule has 0 bridgehead atoms. The van der Waals surface area contributed by atoms with E-state index in [2.05, 4.69) is 20.4 Å². The fourth-order valence-corrected chi connectivity index (χ4v) is 2.71. The van der Waals surface area contributed by atoms with Gasteiger partial charge in [0.25, 0.3) is 0 Å². The summed E-state index contributed by atoms with van der Waals surface area (Å²) in [6.45, 7) is 2.82. The molecule has 3 heterocycles. The molecule has 0 aliphatic carbocycles. The number of ether oxygens (including phenoxy) is 1. The second kappa shape index (κ2) is 7.83. The lowest BCUT2D eigenvalue weighted by Gasteiger charge is -2.12.